The van der Waals surface area contributed by atoms with E-state index in [9.17, 15) is 18.0 Å². The molecule has 208 valence electrons. The van der Waals surface area contributed by atoms with Crippen molar-refractivity contribution in [2.75, 3.05) is 24.5 Å². The number of nitrogens with one attached hydrogen (secondary N) is 1. The van der Waals surface area contributed by atoms with Crippen LogP contribution in [-0.4, -0.2) is 51.4 Å². The van der Waals surface area contributed by atoms with E-state index in [0.29, 0.717) is 24.5 Å². The Hall–Kier alpha value is -3.37. The molecule has 1 atom stereocenters. The van der Waals surface area contributed by atoms with E-state index in [4.69, 9.17) is 4.74 Å². The summed E-state index contributed by atoms with van der Waals surface area (Å²) in [5.74, 6) is -0.234. The van der Waals surface area contributed by atoms with Crippen LogP contribution < -0.4 is 14.4 Å². The van der Waals surface area contributed by atoms with E-state index < -0.39 is 28.5 Å². The van der Waals surface area contributed by atoms with Gasteiger partial charge in [0.15, 0.2) is 0 Å². The minimum atomic E-state index is -4.14. The van der Waals surface area contributed by atoms with Crippen LogP contribution in [-0.2, 0) is 26.2 Å². The van der Waals surface area contributed by atoms with E-state index >= 15 is 0 Å². The molecule has 3 aromatic carbocycles. The smallest absolute Gasteiger partial charge is 0.264 e. The number of ether oxygens (including phenoxy) is 1. The lowest BCUT2D eigenvalue weighted by Crippen LogP contribution is -2.51. The van der Waals surface area contributed by atoms with Gasteiger partial charge in [-0.1, -0.05) is 52.7 Å². The fourth-order valence-corrected chi connectivity index (χ4v) is 5.79. The largest absolute Gasteiger partial charge is 0.494 e. The van der Waals surface area contributed by atoms with Gasteiger partial charge in [0.05, 0.1) is 17.2 Å². The van der Waals surface area contributed by atoms with E-state index in [2.05, 4.69) is 21.2 Å². The molecule has 39 heavy (non-hydrogen) atoms. The molecule has 0 spiro atoms. The van der Waals surface area contributed by atoms with Gasteiger partial charge < -0.3 is 15.0 Å². The lowest BCUT2D eigenvalue weighted by Gasteiger charge is -2.33. The molecule has 10 heteroatoms. The van der Waals surface area contributed by atoms with E-state index in [1.165, 1.54) is 24.1 Å². The third-order valence-corrected chi connectivity index (χ3v) is 8.54. The molecule has 1 N–H and O–H groups in total. The number of nitrogens with zero attached hydrogens (tertiary/aromatic N) is 2. The summed E-state index contributed by atoms with van der Waals surface area (Å²) < 4.78 is 35.0. The molecule has 8 nitrogen and oxygen atoms in total. The van der Waals surface area contributed by atoms with Gasteiger partial charge in [0.2, 0.25) is 11.8 Å². The highest BCUT2D eigenvalue weighted by Gasteiger charge is 2.33. The number of rotatable bonds is 12. The van der Waals surface area contributed by atoms with Gasteiger partial charge in [0, 0.05) is 18.1 Å². The molecular weight excluding hydrogens is 582 g/mol. The van der Waals surface area contributed by atoms with Crippen LogP contribution in [0.5, 0.6) is 5.75 Å². The van der Waals surface area contributed by atoms with Crippen molar-refractivity contribution >= 4 is 43.5 Å². The second kappa shape index (κ2) is 13.6. The normalized spacial score (nSPS) is 11.9. The summed E-state index contributed by atoms with van der Waals surface area (Å²) in [6.45, 7) is 5.76. The van der Waals surface area contributed by atoms with Crippen LogP contribution in [0.15, 0.2) is 82.2 Å². The fraction of sp³-hybridized carbons (Fsp3) is 0.310. The van der Waals surface area contributed by atoms with Gasteiger partial charge in [-0.25, -0.2) is 8.42 Å². The lowest BCUT2D eigenvalue weighted by molar-refractivity contribution is -0.140. The number of anilines is 1. The van der Waals surface area contributed by atoms with Gasteiger partial charge in [-0.3, -0.25) is 13.9 Å². The Kier molecular flexibility index (Phi) is 10.5. The first kappa shape index (κ1) is 30.2. The van der Waals surface area contributed by atoms with Crippen LogP contribution in [0.25, 0.3) is 0 Å². The summed E-state index contributed by atoms with van der Waals surface area (Å²) in [7, 11) is -2.62. The topological polar surface area (TPSA) is 96.0 Å². The van der Waals surface area contributed by atoms with Crippen molar-refractivity contribution in [1.82, 2.24) is 10.2 Å². The Morgan fingerprint density at radius 2 is 1.56 bits per heavy atom. The number of sulfonamides is 1. The highest BCUT2D eigenvalue weighted by molar-refractivity contribution is 9.10. The van der Waals surface area contributed by atoms with Crippen molar-refractivity contribution < 1.29 is 22.7 Å². The second-order valence-electron chi connectivity index (χ2n) is 8.94. The maximum atomic E-state index is 13.9. The molecule has 1 unspecified atom stereocenters. The average molecular weight is 617 g/mol. The predicted molar refractivity (Wildman–Crippen MR) is 156 cm³/mol. The number of likely N-dealkylation sites (N-methyl/N-ethyl adjacent to an activating group) is 1. The monoisotopic (exact) mass is 615 g/mol. The molecule has 0 radical (unpaired) electrons. The maximum absolute atomic E-state index is 13.9. The van der Waals surface area contributed by atoms with E-state index in [-0.39, 0.29) is 17.3 Å². The molecule has 0 saturated heterocycles. The molecule has 0 aromatic heterocycles. The van der Waals surface area contributed by atoms with Crippen molar-refractivity contribution in [3.8, 4) is 5.75 Å². The van der Waals surface area contributed by atoms with Crippen molar-refractivity contribution in [1.29, 1.82) is 0 Å². The molecule has 3 aromatic rings. The van der Waals surface area contributed by atoms with E-state index in [0.717, 1.165) is 19.9 Å². The number of hydrogen-bond acceptors (Lipinski definition) is 5. The van der Waals surface area contributed by atoms with Gasteiger partial charge in [-0.05, 0) is 74.4 Å². The molecule has 0 bridgehead atoms. The highest BCUT2D eigenvalue weighted by Crippen LogP contribution is 2.27. The number of carbonyl (C=O) groups excluding carboxylic acids is 2. The van der Waals surface area contributed by atoms with Crippen LogP contribution in [0, 0.1) is 6.92 Å². The van der Waals surface area contributed by atoms with Gasteiger partial charge in [0.25, 0.3) is 10.0 Å². The van der Waals surface area contributed by atoms with E-state index in [1.807, 2.05) is 45.0 Å². The quantitative estimate of drug-likeness (QED) is 0.312. The molecule has 0 saturated carbocycles. The second-order valence-corrected chi connectivity index (χ2v) is 11.7. The Morgan fingerprint density at radius 1 is 0.949 bits per heavy atom. The van der Waals surface area contributed by atoms with Crippen LogP contribution in [0.1, 0.15) is 31.4 Å². The van der Waals surface area contributed by atoms with E-state index in [1.54, 1.807) is 36.4 Å². The number of amides is 2. The van der Waals surface area contributed by atoms with Crippen molar-refractivity contribution in [3.63, 3.8) is 0 Å². The summed E-state index contributed by atoms with van der Waals surface area (Å²) in [5.41, 5.74) is 2.20. The van der Waals surface area contributed by atoms with Crippen LogP contribution in [0.4, 0.5) is 5.69 Å². The molecule has 0 fully saturated rings. The standard InChI is InChI=1S/C29H34BrN3O5S/c1-5-27(29(35)31-4)32(19-22-9-7-21(3)8-10-22)28(34)20-33(24-13-15-25(16-14-24)38-6-2)39(36,37)26-17-11-23(30)12-18-26/h7-18,27H,5-6,19-20H2,1-4H3,(H,31,35). The summed E-state index contributed by atoms with van der Waals surface area (Å²) in [4.78, 5) is 28.2. The Bertz CT molecular complexity index is 1360. The zero-order chi connectivity index (χ0) is 28.6. The molecule has 3 rings (SSSR count). The first-order valence-corrected chi connectivity index (χ1v) is 14.9. The third kappa shape index (κ3) is 7.60. The molecular formula is C29H34BrN3O5S. The fourth-order valence-electron chi connectivity index (χ4n) is 4.11. The zero-order valence-corrected chi connectivity index (χ0v) is 25.0. The summed E-state index contributed by atoms with van der Waals surface area (Å²) in [5, 5.41) is 2.63. The molecule has 0 heterocycles. The molecule has 0 aliphatic heterocycles. The number of benzene rings is 3. The molecule has 0 aliphatic rings. The third-order valence-electron chi connectivity index (χ3n) is 6.22. The van der Waals surface area contributed by atoms with Crippen molar-refractivity contribution in [2.24, 2.45) is 0 Å². The summed E-state index contributed by atoms with van der Waals surface area (Å²) in [6, 6.07) is 19.7. The maximum Gasteiger partial charge on any atom is 0.264 e. The minimum Gasteiger partial charge on any atom is -0.494 e. The van der Waals surface area contributed by atoms with Crippen molar-refractivity contribution in [2.45, 2.75) is 44.7 Å². The van der Waals surface area contributed by atoms with Gasteiger partial charge in [0.1, 0.15) is 18.3 Å². The van der Waals surface area contributed by atoms with Crippen LogP contribution in [0.3, 0.4) is 0 Å². The first-order valence-electron chi connectivity index (χ1n) is 12.7. The SMILES string of the molecule is CCOc1ccc(N(CC(=O)N(Cc2ccc(C)cc2)C(CC)C(=O)NC)S(=O)(=O)c2ccc(Br)cc2)cc1. The van der Waals surface area contributed by atoms with Crippen LogP contribution in [0.2, 0.25) is 0 Å². The van der Waals surface area contributed by atoms with Gasteiger partial charge in [-0.2, -0.15) is 0 Å². The van der Waals surface area contributed by atoms with Gasteiger partial charge >= 0.3 is 0 Å². The highest BCUT2D eigenvalue weighted by atomic mass is 79.9. The van der Waals surface area contributed by atoms with Crippen molar-refractivity contribution in [3.05, 3.63) is 88.4 Å². The first-order chi connectivity index (χ1) is 18.6. The van der Waals surface area contributed by atoms with Crippen LogP contribution >= 0.6 is 15.9 Å². The predicted octanol–water partition coefficient (Wildman–Crippen LogP) is 4.90. The Balaban J connectivity index is 2.05. The number of hydrogen-bond donors (Lipinski definition) is 1. The lowest BCUT2D eigenvalue weighted by atomic mass is 10.1. The zero-order valence-electron chi connectivity index (χ0n) is 22.6. The number of aryl methyl sites for hydroxylation is 1. The minimum absolute atomic E-state index is 0.0378. The van der Waals surface area contributed by atoms with Gasteiger partial charge in [-0.15, -0.1) is 0 Å². The summed E-state index contributed by atoms with van der Waals surface area (Å²) >= 11 is 3.34. The number of halogens is 1. The molecule has 2 amide bonds. The molecule has 0 aliphatic carbocycles. The Labute approximate surface area is 239 Å². The average Bonchev–Trinajstić information content (AvgIpc) is 2.93. The number of carbonyl (C=O) groups is 2. The summed E-state index contributed by atoms with van der Waals surface area (Å²) in [6.07, 6.45) is 0.361. The Morgan fingerprint density at radius 3 is 2.10 bits per heavy atom.